The van der Waals surface area contributed by atoms with Crippen LogP contribution in [0.25, 0.3) is 11.1 Å². The number of hydrogen-bond acceptors (Lipinski definition) is 28. The second-order valence-electron chi connectivity index (χ2n) is 44.0. The molecule has 0 saturated carbocycles. The summed E-state index contributed by atoms with van der Waals surface area (Å²) in [5.41, 5.74) is 16.3. The van der Waals surface area contributed by atoms with Crippen LogP contribution >= 0.6 is 89.7 Å². The number of oxime groups is 4. The van der Waals surface area contributed by atoms with E-state index in [1.807, 2.05) is 57.7 Å². The molecule has 3 aromatic heterocycles. The van der Waals surface area contributed by atoms with E-state index in [0.717, 1.165) is 118 Å². The summed E-state index contributed by atoms with van der Waals surface area (Å²) in [5.74, 6) is 4.56. The molecule has 12 aliphatic rings. The number of carbonyl (C=O) groups is 2. The Hall–Kier alpha value is -4.58. The first-order chi connectivity index (χ1) is 60.2. The summed E-state index contributed by atoms with van der Waals surface area (Å²) in [4.78, 5) is 66.2. The van der Waals surface area contributed by atoms with Crippen LogP contribution in [-0.2, 0) is 82.8 Å². The van der Waals surface area contributed by atoms with Crippen LogP contribution in [0.5, 0.6) is 0 Å². The molecule has 5 aromatic rings. The van der Waals surface area contributed by atoms with Gasteiger partial charge in [-0.1, -0.05) is 148 Å². The van der Waals surface area contributed by atoms with Crippen molar-refractivity contribution in [3.8, 4) is 11.1 Å². The number of carbonyl (C=O) groups excluding carboxylic acids is 2. The van der Waals surface area contributed by atoms with Gasteiger partial charge in [-0.2, -0.15) is 11.0 Å². The van der Waals surface area contributed by atoms with Crippen molar-refractivity contribution in [1.29, 1.82) is 0 Å². The molecule has 8 atom stereocenters. The topological polar surface area (TPSA) is 288 Å². The van der Waals surface area contributed by atoms with E-state index in [9.17, 15) is 9.59 Å². The lowest BCUT2D eigenvalue weighted by Crippen LogP contribution is -2.54. The Kier molecular flexibility index (Phi) is 37.7. The van der Waals surface area contributed by atoms with Crippen molar-refractivity contribution in [3.63, 3.8) is 0 Å². The van der Waals surface area contributed by atoms with E-state index in [-0.39, 0.29) is 76.3 Å². The summed E-state index contributed by atoms with van der Waals surface area (Å²) in [5, 5.41) is 28.0. The molecule has 26 nitrogen and oxygen atoms in total. The van der Waals surface area contributed by atoms with Gasteiger partial charge in [0.2, 0.25) is 0 Å². The lowest BCUT2D eigenvalue weighted by atomic mass is 9.77. The van der Waals surface area contributed by atoms with Crippen LogP contribution in [0.4, 0.5) is 10.6 Å². The molecule has 8 fully saturated rings. The highest BCUT2D eigenvalue weighted by Crippen LogP contribution is 2.60. The molecule has 0 bridgehead atoms. The van der Waals surface area contributed by atoms with Crippen molar-refractivity contribution in [3.05, 3.63) is 92.4 Å². The van der Waals surface area contributed by atoms with Gasteiger partial charge in [-0.3, -0.25) is 10.1 Å². The minimum atomic E-state index is -0.545. The molecule has 0 aliphatic carbocycles. The monoisotopic (exact) mass is 2080 g/mol. The van der Waals surface area contributed by atoms with Crippen molar-refractivity contribution >= 4 is 136 Å². The summed E-state index contributed by atoms with van der Waals surface area (Å²) >= 11 is 14.5. The average Bonchev–Trinajstić information content (AvgIpc) is 1.48. The summed E-state index contributed by atoms with van der Waals surface area (Å²) < 4.78 is 47.0. The molecule has 8 saturated heterocycles. The Morgan fingerprint density at radius 1 is 0.477 bits per heavy atom. The summed E-state index contributed by atoms with van der Waals surface area (Å²) in [7, 11) is -0.366. The maximum atomic E-state index is 11.9. The van der Waals surface area contributed by atoms with Gasteiger partial charge in [0.1, 0.15) is 73.7 Å². The van der Waals surface area contributed by atoms with E-state index in [1.165, 1.54) is 46.1 Å². The molecule has 15 heterocycles. The highest BCUT2D eigenvalue weighted by molar-refractivity contribution is 9.11. The number of benzene rings is 2. The molecule has 730 valence electrons. The number of nitrogens with one attached hydrogen (secondary N) is 3. The van der Waals surface area contributed by atoms with Gasteiger partial charge < -0.3 is 66.9 Å². The minimum Gasteiger partial charge on any atom is -0.460 e. The van der Waals surface area contributed by atoms with Crippen molar-refractivity contribution in [1.82, 2.24) is 25.9 Å². The Morgan fingerprint density at radius 3 is 1.15 bits per heavy atom. The minimum absolute atomic E-state index is 0. The number of rotatable bonds is 8. The number of halogens is 3. The van der Waals surface area contributed by atoms with Gasteiger partial charge in [-0.15, -0.1) is 34.0 Å². The Bertz CT molecular complexity index is 4460. The molecule has 1 unspecified atom stereocenters. The largest absolute Gasteiger partial charge is 0.460 e. The fourth-order valence-corrected chi connectivity index (χ4v) is 25.9. The molecule has 2 aromatic carbocycles. The fraction of sp³-hybridized carbons (Fsp3) is 0.722. The number of hydroxylamine groups is 2. The van der Waals surface area contributed by atoms with Crippen LogP contribution in [0.15, 0.2) is 86.3 Å². The normalized spacial score (nSPS) is 25.8. The number of nitrogens with zero attached hydrogens (tertiary/aromatic N) is 7. The van der Waals surface area contributed by atoms with Crippen LogP contribution in [0.1, 0.15) is 299 Å². The molecular formula is C97H152Br3N10O16PS3. The smallest absolute Gasteiger partial charge is 0.413 e. The third-order valence-corrected chi connectivity index (χ3v) is 32.0. The number of esters is 1. The predicted octanol–water partition coefficient (Wildman–Crippen LogP) is 23.9. The van der Waals surface area contributed by atoms with Crippen molar-refractivity contribution in [2.75, 3.05) is 84.6 Å². The molecule has 0 radical (unpaired) electrons. The molecule has 130 heavy (non-hydrogen) atoms. The van der Waals surface area contributed by atoms with Crippen LogP contribution in [0, 0.1) is 35.5 Å². The number of aromatic nitrogens is 3. The first-order valence-electron chi connectivity index (χ1n) is 45.6. The van der Waals surface area contributed by atoms with Crippen molar-refractivity contribution in [2.45, 2.75) is 337 Å². The second kappa shape index (κ2) is 44.9. The van der Waals surface area contributed by atoms with Crippen molar-refractivity contribution in [2.24, 2.45) is 56.1 Å². The number of fused-ring (bicyclic) bond motifs is 6. The summed E-state index contributed by atoms with van der Waals surface area (Å²) in [6, 6.07) is 14.3. The summed E-state index contributed by atoms with van der Waals surface area (Å²) in [6.07, 6.45) is 5.49. The Morgan fingerprint density at radius 2 is 0.838 bits per heavy atom. The lowest BCUT2D eigenvalue weighted by molar-refractivity contribution is -0.151. The number of amides is 1. The maximum absolute atomic E-state index is 11.9. The Labute approximate surface area is 814 Å². The second-order valence-corrected chi connectivity index (χ2v) is 53.3. The first-order valence-corrected chi connectivity index (χ1v) is 52.0. The zero-order chi connectivity index (χ0) is 96.3. The fourth-order valence-electron chi connectivity index (χ4n) is 17.7. The van der Waals surface area contributed by atoms with Gasteiger partial charge in [0.25, 0.3) is 0 Å². The first kappa shape index (κ1) is 109. The standard InChI is InChI=1S/C29H45P.C16H25N3O4S.C11H15BrN2O2S.4C8H13NO2.C6H12O2.C3HBr2NS.H2/c1-19(2)22-17-24(20(3)4)27(25(18-22)21(5)6)23-15-13-14-16-26(23)30(28(7,8)9)29(10,11)12;1-14(2,3)23-13(20)18-11-8-24-12(17-11)16-9-21-15(4,5)6-10(16)7-22-19-16;1-10(2)3-7-4-16-14-11(7,6-15-10)9-13-8(12)5-17-9;4*1-8(2)3-6-4-11-9-7(6)5-10-8;1-5(7)8-6(2,3)4;4-2-1-7-3(5)6-2;/h13-21H,1-12H3;8,10,19H,6-7,9H2,1-5H3,(H,18,20);5,7,14H,3-4,6H2,1-2H3;4*6H,3-5H2,1-2H3;1-4H3;1H;1H/t;10-,16-;7-,11-;3*6-;;;;/m.00100..../s1. The van der Waals surface area contributed by atoms with E-state index in [2.05, 4.69) is 302 Å². The maximum Gasteiger partial charge on any atom is 0.413 e. The van der Waals surface area contributed by atoms with Gasteiger partial charge >= 0.3 is 12.1 Å². The van der Waals surface area contributed by atoms with Gasteiger partial charge in [-0.25, -0.2) is 19.7 Å². The molecule has 12 aliphatic heterocycles. The molecule has 0 spiro atoms. The third kappa shape index (κ3) is 31.7. The highest BCUT2D eigenvalue weighted by Gasteiger charge is 2.56. The molecule has 3 N–H and O–H groups in total. The van der Waals surface area contributed by atoms with E-state index < -0.39 is 17.2 Å². The van der Waals surface area contributed by atoms with E-state index >= 15 is 0 Å². The molecular weight excluding hydrogens is 1930 g/mol. The van der Waals surface area contributed by atoms with Crippen molar-refractivity contribution < 1.29 is 77.9 Å². The molecule has 1 amide bonds. The van der Waals surface area contributed by atoms with E-state index in [1.54, 1.807) is 28.0 Å². The summed E-state index contributed by atoms with van der Waals surface area (Å²) in [6.45, 7) is 74.4. The number of ether oxygens (including phenoxy) is 8. The molecule has 17 rings (SSSR count). The zero-order valence-corrected chi connectivity index (χ0v) is 91.2. The van der Waals surface area contributed by atoms with E-state index in [0.29, 0.717) is 99.4 Å². The SMILES string of the molecule is Brc1csc(Br)n1.CC(=O)OC(C)(C)C.CC(C)(C)OC(=O)Nc1csc([C@]23COC(C)(C)C[C@H]2CON3)n1.CC(C)c1cc(C(C)C)c(-c2ccccc2P(C(C)(C)C)C(C)(C)C)c(C(C)C)c1.CC1(C)CC2CON=C2CO1.CC1(C)C[C@@H]2CON=C2CO1.CC1(C)C[C@H]2CON=C2CO1.CC1(C)C[C@H]2CON=C2CO1.CC1(C)C[C@H]2CON[C@@]2(c2nc(Br)cs2)CO1.[HH]. The van der Waals surface area contributed by atoms with Crippen LogP contribution in [0.2, 0.25) is 0 Å². The highest BCUT2D eigenvalue weighted by atomic mass is 79.9. The van der Waals surface area contributed by atoms with E-state index in [4.69, 9.17) is 66.9 Å². The number of hydrogen-bond donors (Lipinski definition) is 3. The number of thiazole rings is 3. The van der Waals surface area contributed by atoms with Gasteiger partial charge in [-0.05, 0) is 272 Å². The number of anilines is 1. The predicted molar refractivity (Wildman–Crippen MR) is 537 cm³/mol. The lowest BCUT2D eigenvalue weighted by Gasteiger charge is -2.43. The van der Waals surface area contributed by atoms with Crippen LogP contribution in [0.3, 0.4) is 0 Å². The van der Waals surface area contributed by atoms with Gasteiger partial charge in [0, 0.05) is 60.0 Å². The van der Waals surface area contributed by atoms with Gasteiger partial charge in [0.15, 0.2) is 3.92 Å². The zero-order valence-electron chi connectivity index (χ0n) is 83.1. The molecule has 33 heteroatoms. The quantitative estimate of drug-likeness (QED) is 0.0961. The average molecular weight is 2080 g/mol. The van der Waals surface area contributed by atoms with Crippen LogP contribution in [-0.4, -0.2) is 184 Å². The van der Waals surface area contributed by atoms with Crippen LogP contribution < -0.4 is 21.6 Å². The Balaban J connectivity index is 0.000000189. The third-order valence-electron chi connectivity index (χ3n) is 23.6. The van der Waals surface area contributed by atoms with Gasteiger partial charge in [0.05, 0.1) is 109 Å².